The normalized spacial score (nSPS) is 10.1. The van der Waals surface area contributed by atoms with Crippen LogP contribution >= 0.6 is 27.5 Å². The van der Waals surface area contributed by atoms with Crippen molar-refractivity contribution in [1.82, 2.24) is 0 Å². The van der Waals surface area contributed by atoms with Gasteiger partial charge in [0.1, 0.15) is 0 Å². The Kier molecular flexibility index (Phi) is 4.56. The van der Waals surface area contributed by atoms with Crippen LogP contribution in [0.3, 0.4) is 0 Å². The van der Waals surface area contributed by atoms with Crippen LogP contribution in [0.4, 0.5) is 5.69 Å². The Morgan fingerprint density at radius 1 is 1.54 bits per heavy atom. The molecule has 0 spiro atoms. The summed E-state index contributed by atoms with van der Waals surface area (Å²) in [5.74, 6) is 0. The van der Waals surface area contributed by atoms with Crippen LogP contribution in [-0.2, 0) is 4.74 Å². The number of rotatable bonds is 4. The highest BCUT2D eigenvalue weighted by atomic mass is 79.9. The summed E-state index contributed by atoms with van der Waals surface area (Å²) in [4.78, 5) is 0. The molecule has 0 atom stereocenters. The molecule has 13 heavy (non-hydrogen) atoms. The van der Waals surface area contributed by atoms with Crippen LogP contribution in [0.5, 0.6) is 0 Å². The number of benzene rings is 1. The molecule has 0 heterocycles. The molecule has 0 unspecified atom stereocenters. The van der Waals surface area contributed by atoms with E-state index < -0.39 is 0 Å². The molecule has 4 heteroatoms. The quantitative estimate of drug-likeness (QED) is 0.844. The van der Waals surface area contributed by atoms with Crippen LogP contribution in [0.1, 0.15) is 0 Å². The molecule has 0 saturated carbocycles. The number of methoxy groups -OCH3 is 1. The Labute approximate surface area is 91.4 Å². The predicted molar refractivity (Wildman–Crippen MR) is 59.5 cm³/mol. The number of anilines is 1. The maximum absolute atomic E-state index is 5.91. The Morgan fingerprint density at radius 2 is 2.31 bits per heavy atom. The van der Waals surface area contributed by atoms with E-state index in [4.69, 9.17) is 16.3 Å². The third-order valence-corrected chi connectivity index (χ3v) is 2.79. The molecule has 0 amide bonds. The minimum atomic E-state index is 0.688. The first-order valence-electron chi connectivity index (χ1n) is 3.92. The Bertz CT molecular complexity index is 280. The Hall–Kier alpha value is -0.250. The van der Waals surface area contributed by atoms with E-state index in [1.165, 1.54) is 0 Å². The highest BCUT2D eigenvalue weighted by molar-refractivity contribution is 9.10. The summed E-state index contributed by atoms with van der Waals surface area (Å²) < 4.78 is 5.82. The van der Waals surface area contributed by atoms with Crippen LogP contribution < -0.4 is 5.32 Å². The smallest absolute Gasteiger partial charge is 0.0635 e. The van der Waals surface area contributed by atoms with Gasteiger partial charge < -0.3 is 10.1 Å². The molecule has 0 aliphatic rings. The molecule has 0 aliphatic heterocycles. The van der Waals surface area contributed by atoms with Crippen LogP contribution in [0, 0.1) is 0 Å². The maximum Gasteiger partial charge on any atom is 0.0635 e. The van der Waals surface area contributed by atoms with Gasteiger partial charge in [0.05, 0.1) is 11.6 Å². The lowest BCUT2D eigenvalue weighted by atomic mass is 10.3. The Morgan fingerprint density at radius 3 is 2.92 bits per heavy atom. The molecule has 0 radical (unpaired) electrons. The van der Waals surface area contributed by atoms with Crippen molar-refractivity contribution < 1.29 is 4.74 Å². The molecule has 1 rings (SSSR count). The zero-order valence-corrected chi connectivity index (χ0v) is 9.65. The number of ether oxygens (including phenoxy) is 1. The van der Waals surface area contributed by atoms with Gasteiger partial charge >= 0.3 is 0 Å². The van der Waals surface area contributed by atoms with Crippen molar-refractivity contribution >= 4 is 33.2 Å². The van der Waals surface area contributed by atoms with E-state index in [-0.39, 0.29) is 0 Å². The van der Waals surface area contributed by atoms with E-state index in [1.54, 1.807) is 7.11 Å². The number of nitrogens with one attached hydrogen (secondary N) is 1. The molecule has 1 N–H and O–H groups in total. The second-order valence-electron chi connectivity index (χ2n) is 2.55. The van der Waals surface area contributed by atoms with Crippen molar-refractivity contribution in [3.63, 3.8) is 0 Å². The van der Waals surface area contributed by atoms with Crippen LogP contribution in [0.2, 0.25) is 5.02 Å². The van der Waals surface area contributed by atoms with Gasteiger partial charge in [-0.3, -0.25) is 0 Å². The fourth-order valence-corrected chi connectivity index (χ4v) is 1.33. The number of hydrogen-bond acceptors (Lipinski definition) is 2. The first kappa shape index (κ1) is 10.8. The van der Waals surface area contributed by atoms with Crippen molar-refractivity contribution in [2.45, 2.75) is 0 Å². The van der Waals surface area contributed by atoms with Gasteiger partial charge in [0.2, 0.25) is 0 Å². The van der Waals surface area contributed by atoms with E-state index in [2.05, 4.69) is 21.2 Å². The summed E-state index contributed by atoms with van der Waals surface area (Å²) in [7, 11) is 1.68. The topological polar surface area (TPSA) is 21.3 Å². The van der Waals surface area contributed by atoms with E-state index >= 15 is 0 Å². The van der Waals surface area contributed by atoms with Crippen LogP contribution in [-0.4, -0.2) is 20.3 Å². The third-order valence-electron chi connectivity index (χ3n) is 1.55. The van der Waals surface area contributed by atoms with Gasteiger partial charge in [0, 0.05) is 23.8 Å². The maximum atomic E-state index is 5.91. The van der Waals surface area contributed by atoms with Crippen LogP contribution in [0.15, 0.2) is 22.7 Å². The summed E-state index contributed by atoms with van der Waals surface area (Å²) in [6.07, 6.45) is 0. The van der Waals surface area contributed by atoms with Crippen molar-refractivity contribution in [2.75, 3.05) is 25.6 Å². The highest BCUT2D eigenvalue weighted by Gasteiger charge is 1.97. The third kappa shape index (κ3) is 3.55. The van der Waals surface area contributed by atoms with Gasteiger partial charge in [-0.2, -0.15) is 0 Å². The molecule has 0 bridgehead atoms. The Balaban J connectivity index is 2.53. The zero-order chi connectivity index (χ0) is 9.68. The molecule has 1 aromatic carbocycles. The number of halogens is 2. The monoisotopic (exact) mass is 263 g/mol. The fourth-order valence-electron chi connectivity index (χ4n) is 0.904. The largest absolute Gasteiger partial charge is 0.383 e. The summed E-state index contributed by atoms with van der Waals surface area (Å²) in [6.45, 7) is 1.47. The molecule has 2 nitrogen and oxygen atoms in total. The molecule has 1 aromatic rings. The average Bonchev–Trinajstić information content (AvgIpc) is 2.12. The van der Waals surface area contributed by atoms with Gasteiger partial charge in [-0.25, -0.2) is 0 Å². The van der Waals surface area contributed by atoms with Gasteiger partial charge in [0.25, 0.3) is 0 Å². The fraction of sp³-hybridized carbons (Fsp3) is 0.333. The average molecular weight is 265 g/mol. The van der Waals surface area contributed by atoms with Crippen LogP contribution in [0.25, 0.3) is 0 Å². The van der Waals surface area contributed by atoms with E-state index in [1.807, 2.05) is 18.2 Å². The van der Waals surface area contributed by atoms with Gasteiger partial charge in [-0.05, 0) is 34.1 Å². The lowest BCUT2D eigenvalue weighted by Gasteiger charge is -2.06. The molecular weight excluding hydrogens is 253 g/mol. The second-order valence-corrected chi connectivity index (χ2v) is 3.81. The van der Waals surface area contributed by atoms with Crippen molar-refractivity contribution in [3.05, 3.63) is 27.7 Å². The van der Waals surface area contributed by atoms with Crippen molar-refractivity contribution in [1.29, 1.82) is 0 Å². The van der Waals surface area contributed by atoms with Crippen molar-refractivity contribution in [3.8, 4) is 0 Å². The van der Waals surface area contributed by atoms with Gasteiger partial charge in [-0.15, -0.1) is 0 Å². The molecule has 0 aromatic heterocycles. The van der Waals surface area contributed by atoms with Crippen molar-refractivity contribution in [2.24, 2.45) is 0 Å². The summed E-state index contributed by atoms with van der Waals surface area (Å²) >= 11 is 9.24. The second kappa shape index (κ2) is 5.47. The highest BCUT2D eigenvalue weighted by Crippen LogP contribution is 2.25. The molecule has 0 aliphatic carbocycles. The first-order chi connectivity index (χ1) is 6.24. The minimum Gasteiger partial charge on any atom is -0.383 e. The molecular formula is C9H11BrClNO. The van der Waals surface area contributed by atoms with Gasteiger partial charge in [-0.1, -0.05) is 11.6 Å². The number of hydrogen-bond donors (Lipinski definition) is 1. The SMILES string of the molecule is COCCNc1ccc(Br)c(Cl)c1. The van der Waals surface area contributed by atoms with E-state index in [0.717, 1.165) is 16.7 Å². The van der Waals surface area contributed by atoms with E-state index in [0.29, 0.717) is 11.6 Å². The summed E-state index contributed by atoms with van der Waals surface area (Å²) in [6, 6.07) is 5.75. The summed E-state index contributed by atoms with van der Waals surface area (Å²) in [5, 5.41) is 3.89. The molecule has 0 fully saturated rings. The van der Waals surface area contributed by atoms with E-state index in [9.17, 15) is 0 Å². The lowest BCUT2D eigenvalue weighted by Crippen LogP contribution is -2.07. The lowest BCUT2D eigenvalue weighted by molar-refractivity contribution is 0.211. The summed E-state index contributed by atoms with van der Waals surface area (Å²) in [5.41, 5.74) is 1.00. The predicted octanol–water partition coefficient (Wildman–Crippen LogP) is 3.16. The standard InChI is InChI=1S/C9H11BrClNO/c1-13-5-4-12-7-2-3-8(10)9(11)6-7/h2-3,6,12H,4-5H2,1H3. The molecule has 0 saturated heterocycles. The minimum absolute atomic E-state index is 0.688. The zero-order valence-electron chi connectivity index (χ0n) is 7.31. The molecule has 72 valence electrons. The van der Waals surface area contributed by atoms with Gasteiger partial charge in [0.15, 0.2) is 0 Å². The first-order valence-corrected chi connectivity index (χ1v) is 5.09.